The van der Waals surface area contributed by atoms with Crippen LogP contribution >= 0.6 is 0 Å². The molecular weight excluding hydrogens is 174 g/mol. The van der Waals surface area contributed by atoms with Crippen LogP contribution in [0.15, 0.2) is 18.2 Å². The first-order valence-corrected chi connectivity index (χ1v) is 5.05. The highest BCUT2D eigenvalue weighted by atomic mass is 16.2. The van der Waals surface area contributed by atoms with E-state index in [1.165, 1.54) is 11.1 Å². The van der Waals surface area contributed by atoms with Gasteiger partial charge in [0.25, 0.3) is 0 Å². The molecule has 1 saturated carbocycles. The Morgan fingerprint density at radius 1 is 1.36 bits per heavy atom. The number of aryl methyl sites for hydroxylation is 1. The number of hydrogen-bond donors (Lipinski definition) is 0. The molecule has 1 fully saturated rings. The van der Waals surface area contributed by atoms with Crippen LogP contribution in [0.5, 0.6) is 0 Å². The van der Waals surface area contributed by atoms with Gasteiger partial charge in [-0.2, -0.15) is 0 Å². The highest BCUT2D eigenvalue weighted by Gasteiger charge is 2.58. The quantitative estimate of drug-likeness (QED) is 0.608. The zero-order valence-corrected chi connectivity index (χ0v) is 8.50. The van der Waals surface area contributed by atoms with Gasteiger partial charge >= 0.3 is 0 Å². The summed E-state index contributed by atoms with van der Waals surface area (Å²) >= 11 is 0. The summed E-state index contributed by atoms with van der Waals surface area (Å²) in [6.45, 7) is 2.07. The number of anilines is 1. The fraction of sp³-hybridized carbons (Fsp3) is 0.417. The third kappa shape index (κ3) is 0.707. The molecule has 0 saturated heterocycles. The predicted molar refractivity (Wildman–Crippen MR) is 55.5 cm³/mol. The monoisotopic (exact) mass is 187 g/mol. The third-order valence-corrected chi connectivity index (χ3v) is 3.55. The Morgan fingerprint density at radius 2 is 2.07 bits per heavy atom. The third-order valence-electron chi connectivity index (χ3n) is 3.55. The number of para-hydroxylation sites is 1. The highest BCUT2D eigenvalue weighted by Crippen LogP contribution is 2.57. The Kier molecular flexibility index (Phi) is 1.26. The van der Waals surface area contributed by atoms with Crippen LogP contribution < -0.4 is 4.90 Å². The Morgan fingerprint density at radius 3 is 2.71 bits per heavy atom. The standard InChI is InChI=1S/C12H13NO/c1-8-4-3-5-9-10(8)13(2)11(14)12(9)6-7-12/h3-5H,6-7H2,1-2H3. The van der Waals surface area contributed by atoms with Crippen LogP contribution in [0.25, 0.3) is 0 Å². The highest BCUT2D eigenvalue weighted by molar-refractivity contribution is 6.10. The van der Waals surface area contributed by atoms with Crippen molar-refractivity contribution in [2.75, 3.05) is 11.9 Å². The van der Waals surface area contributed by atoms with Crippen molar-refractivity contribution in [2.45, 2.75) is 25.2 Å². The van der Waals surface area contributed by atoms with Gasteiger partial charge < -0.3 is 4.90 Å². The largest absolute Gasteiger partial charge is 0.314 e. The van der Waals surface area contributed by atoms with Crippen molar-refractivity contribution < 1.29 is 4.79 Å². The van der Waals surface area contributed by atoms with Crippen molar-refractivity contribution in [2.24, 2.45) is 0 Å². The van der Waals surface area contributed by atoms with Crippen LogP contribution in [0, 0.1) is 6.92 Å². The summed E-state index contributed by atoms with van der Waals surface area (Å²) in [7, 11) is 1.89. The fourth-order valence-electron chi connectivity index (χ4n) is 2.64. The number of benzene rings is 1. The molecule has 2 nitrogen and oxygen atoms in total. The Balaban J connectivity index is 2.31. The molecule has 1 aliphatic heterocycles. The fourth-order valence-corrected chi connectivity index (χ4v) is 2.64. The minimum absolute atomic E-state index is 0.115. The summed E-state index contributed by atoms with van der Waals surface area (Å²) in [4.78, 5) is 13.9. The summed E-state index contributed by atoms with van der Waals surface area (Å²) in [5.41, 5.74) is 3.50. The molecule has 0 bridgehead atoms. The molecule has 1 aromatic carbocycles. The zero-order chi connectivity index (χ0) is 9.92. The molecule has 1 aliphatic carbocycles. The van der Waals surface area contributed by atoms with Gasteiger partial charge in [-0.25, -0.2) is 0 Å². The smallest absolute Gasteiger partial charge is 0.237 e. The van der Waals surface area contributed by atoms with Crippen LogP contribution in [0.3, 0.4) is 0 Å². The predicted octanol–water partition coefficient (Wildman–Crippen LogP) is 2.00. The summed E-state index contributed by atoms with van der Waals surface area (Å²) < 4.78 is 0. The van der Waals surface area contributed by atoms with E-state index in [2.05, 4.69) is 25.1 Å². The Hall–Kier alpha value is -1.31. The number of carbonyl (C=O) groups is 1. The topological polar surface area (TPSA) is 20.3 Å². The molecular formula is C12H13NO. The van der Waals surface area contributed by atoms with Gasteiger partial charge in [-0.15, -0.1) is 0 Å². The van der Waals surface area contributed by atoms with E-state index in [0.29, 0.717) is 5.91 Å². The molecule has 2 heteroatoms. The molecule has 1 spiro atoms. The second kappa shape index (κ2) is 2.19. The number of carbonyl (C=O) groups excluding carboxylic acids is 1. The second-order valence-electron chi connectivity index (χ2n) is 4.42. The normalized spacial score (nSPS) is 21.6. The molecule has 3 rings (SSSR count). The average molecular weight is 187 g/mol. The molecule has 0 atom stereocenters. The first-order valence-electron chi connectivity index (χ1n) is 5.05. The average Bonchev–Trinajstić information content (AvgIpc) is 2.92. The summed E-state index contributed by atoms with van der Waals surface area (Å²) in [6.07, 6.45) is 2.07. The van der Waals surface area contributed by atoms with Crippen molar-refractivity contribution in [3.63, 3.8) is 0 Å². The van der Waals surface area contributed by atoms with Crippen LogP contribution in [-0.4, -0.2) is 13.0 Å². The van der Waals surface area contributed by atoms with Gasteiger partial charge in [0.1, 0.15) is 0 Å². The molecule has 0 unspecified atom stereocenters. The number of nitrogens with zero attached hydrogens (tertiary/aromatic N) is 1. The van der Waals surface area contributed by atoms with Gasteiger partial charge in [0.15, 0.2) is 0 Å². The Bertz CT molecular complexity index is 432. The molecule has 14 heavy (non-hydrogen) atoms. The molecule has 1 amide bonds. The van der Waals surface area contributed by atoms with Crippen LogP contribution in [0.4, 0.5) is 5.69 Å². The lowest BCUT2D eigenvalue weighted by Crippen LogP contribution is -2.28. The first kappa shape index (κ1) is 8.04. The zero-order valence-electron chi connectivity index (χ0n) is 8.50. The second-order valence-corrected chi connectivity index (χ2v) is 4.42. The van der Waals surface area contributed by atoms with Crippen LogP contribution in [0.1, 0.15) is 24.0 Å². The minimum atomic E-state index is -0.115. The minimum Gasteiger partial charge on any atom is -0.314 e. The van der Waals surface area contributed by atoms with E-state index < -0.39 is 0 Å². The summed E-state index contributed by atoms with van der Waals surface area (Å²) in [6, 6.07) is 6.24. The van der Waals surface area contributed by atoms with Crippen LogP contribution in [0.2, 0.25) is 0 Å². The lowest BCUT2D eigenvalue weighted by atomic mass is 9.96. The number of hydrogen-bond acceptors (Lipinski definition) is 1. The Labute approximate surface area is 83.5 Å². The van der Waals surface area contributed by atoms with E-state index in [9.17, 15) is 4.79 Å². The summed E-state index contributed by atoms with van der Waals surface area (Å²) in [5.74, 6) is 0.293. The van der Waals surface area contributed by atoms with Gasteiger partial charge in [0, 0.05) is 7.05 Å². The van der Waals surface area contributed by atoms with E-state index in [-0.39, 0.29) is 5.41 Å². The maximum atomic E-state index is 12.0. The lowest BCUT2D eigenvalue weighted by molar-refractivity contribution is -0.119. The van der Waals surface area contributed by atoms with Crippen LogP contribution in [-0.2, 0) is 10.2 Å². The SMILES string of the molecule is Cc1cccc2c1N(C)C(=O)C21CC1. The molecule has 1 heterocycles. The van der Waals surface area contributed by atoms with Gasteiger partial charge in [0.05, 0.1) is 11.1 Å². The lowest BCUT2D eigenvalue weighted by Gasteiger charge is -2.12. The molecule has 0 N–H and O–H groups in total. The molecule has 1 aromatic rings. The molecule has 72 valence electrons. The van der Waals surface area contributed by atoms with E-state index in [1.54, 1.807) is 0 Å². The van der Waals surface area contributed by atoms with E-state index >= 15 is 0 Å². The maximum Gasteiger partial charge on any atom is 0.237 e. The molecule has 0 radical (unpaired) electrons. The number of likely N-dealkylation sites (N-methyl/N-ethyl adjacent to an activating group) is 1. The van der Waals surface area contributed by atoms with Gasteiger partial charge in [-0.1, -0.05) is 18.2 Å². The maximum absolute atomic E-state index is 12.0. The first-order chi connectivity index (χ1) is 6.67. The van der Waals surface area contributed by atoms with Gasteiger partial charge in [-0.3, -0.25) is 4.79 Å². The van der Waals surface area contributed by atoms with Gasteiger partial charge in [0.2, 0.25) is 5.91 Å². The number of amides is 1. The van der Waals surface area contributed by atoms with E-state index in [4.69, 9.17) is 0 Å². The van der Waals surface area contributed by atoms with Crippen molar-refractivity contribution in [3.05, 3.63) is 29.3 Å². The number of fused-ring (bicyclic) bond motifs is 2. The van der Waals surface area contributed by atoms with E-state index in [1.807, 2.05) is 11.9 Å². The summed E-state index contributed by atoms with van der Waals surface area (Å²) in [5, 5.41) is 0. The van der Waals surface area contributed by atoms with Crippen molar-refractivity contribution in [1.82, 2.24) is 0 Å². The van der Waals surface area contributed by atoms with Crippen molar-refractivity contribution in [3.8, 4) is 0 Å². The molecule has 2 aliphatic rings. The van der Waals surface area contributed by atoms with Gasteiger partial charge in [-0.05, 0) is 30.9 Å². The number of rotatable bonds is 0. The van der Waals surface area contributed by atoms with Crippen molar-refractivity contribution >= 4 is 11.6 Å². The molecule has 0 aromatic heterocycles. The van der Waals surface area contributed by atoms with Crippen molar-refractivity contribution in [1.29, 1.82) is 0 Å². The van der Waals surface area contributed by atoms with E-state index in [0.717, 1.165) is 18.5 Å².